The van der Waals surface area contributed by atoms with E-state index >= 15 is 0 Å². The zero-order chi connectivity index (χ0) is 10.7. The highest BCUT2D eigenvalue weighted by Gasteiger charge is 2.15. The van der Waals surface area contributed by atoms with E-state index in [9.17, 15) is 8.78 Å². The molecule has 0 N–H and O–H groups in total. The van der Waals surface area contributed by atoms with Gasteiger partial charge in [-0.2, -0.15) is 0 Å². The Morgan fingerprint density at radius 2 is 2.07 bits per heavy atom. The quantitative estimate of drug-likeness (QED) is 0.755. The van der Waals surface area contributed by atoms with Crippen molar-refractivity contribution in [2.24, 2.45) is 0 Å². The molecule has 0 radical (unpaired) electrons. The van der Waals surface area contributed by atoms with Gasteiger partial charge < -0.3 is 4.74 Å². The molecule has 0 amide bonds. The van der Waals surface area contributed by atoms with Crippen molar-refractivity contribution >= 4 is 11.6 Å². The smallest absolute Gasteiger partial charge is 0.191 e. The second-order valence-electron chi connectivity index (χ2n) is 2.96. The number of ether oxygens (including phenoxy) is 1. The molecule has 1 aromatic carbocycles. The van der Waals surface area contributed by atoms with E-state index in [1.54, 1.807) is 0 Å². The first-order chi connectivity index (χ1) is 6.57. The maximum Gasteiger partial charge on any atom is 0.191 e. The Morgan fingerprint density at radius 3 is 2.64 bits per heavy atom. The zero-order valence-corrected chi connectivity index (χ0v) is 8.79. The van der Waals surface area contributed by atoms with Gasteiger partial charge in [-0.1, -0.05) is 18.5 Å². The van der Waals surface area contributed by atoms with Crippen LogP contribution in [0.15, 0.2) is 6.07 Å². The minimum atomic E-state index is -0.758. The van der Waals surface area contributed by atoms with Crippen LogP contribution < -0.4 is 4.74 Å². The lowest BCUT2D eigenvalue weighted by Crippen LogP contribution is -2.02. The topological polar surface area (TPSA) is 9.23 Å². The van der Waals surface area contributed by atoms with Gasteiger partial charge in [-0.3, -0.25) is 0 Å². The van der Waals surface area contributed by atoms with E-state index in [-0.39, 0.29) is 22.9 Å². The van der Waals surface area contributed by atoms with Crippen molar-refractivity contribution in [3.05, 3.63) is 28.3 Å². The van der Waals surface area contributed by atoms with Crippen molar-refractivity contribution in [1.29, 1.82) is 0 Å². The molecule has 0 spiro atoms. The van der Waals surface area contributed by atoms with Gasteiger partial charge in [-0.05, 0) is 19.4 Å². The van der Waals surface area contributed by atoms with Crippen LogP contribution >= 0.6 is 11.6 Å². The van der Waals surface area contributed by atoms with Crippen LogP contribution in [-0.2, 0) is 0 Å². The van der Waals surface area contributed by atoms with Gasteiger partial charge >= 0.3 is 0 Å². The second kappa shape index (κ2) is 4.60. The van der Waals surface area contributed by atoms with Crippen molar-refractivity contribution in [3.8, 4) is 5.75 Å². The maximum atomic E-state index is 13.4. The summed E-state index contributed by atoms with van der Waals surface area (Å²) in [5.74, 6) is -1.82. The molecule has 0 saturated carbocycles. The molecule has 0 aliphatic heterocycles. The summed E-state index contributed by atoms with van der Waals surface area (Å²) in [5.41, 5.74) is 0.208. The van der Waals surface area contributed by atoms with E-state index in [2.05, 4.69) is 0 Å². The van der Waals surface area contributed by atoms with Crippen LogP contribution in [0.25, 0.3) is 0 Å². The molecule has 0 aliphatic carbocycles. The Bertz CT molecular complexity index is 339. The third-order valence-electron chi connectivity index (χ3n) is 1.81. The zero-order valence-electron chi connectivity index (χ0n) is 8.03. The summed E-state index contributed by atoms with van der Waals surface area (Å²) in [4.78, 5) is 0. The van der Waals surface area contributed by atoms with Crippen LogP contribution in [-0.4, -0.2) is 6.61 Å². The Labute approximate surface area is 86.6 Å². The van der Waals surface area contributed by atoms with Crippen molar-refractivity contribution < 1.29 is 13.5 Å². The van der Waals surface area contributed by atoms with Gasteiger partial charge in [-0.25, -0.2) is 8.78 Å². The monoisotopic (exact) mass is 220 g/mol. The largest absolute Gasteiger partial charge is 0.488 e. The summed E-state index contributed by atoms with van der Waals surface area (Å²) in [5, 5.41) is 0.0730. The van der Waals surface area contributed by atoms with Gasteiger partial charge in [0.15, 0.2) is 17.4 Å². The second-order valence-corrected chi connectivity index (χ2v) is 3.36. The van der Waals surface area contributed by atoms with Crippen molar-refractivity contribution in [3.63, 3.8) is 0 Å². The predicted octanol–water partition coefficient (Wildman–Crippen LogP) is 3.72. The van der Waals surface area contributed by atoms with E-state index in [1.165, 1.54) is 6.92 Å². The van der Waals surface area contributed by atoms with Gasteiger partial charge in [0.2, 0.25) is 0 Å². The third-order valence-corrected chi connectivity index (χ3v) is 2.20. The maximum absolute atomic E-state index is 13.4. The Kier molecular flexibility index (Phi) is 3.69. The van der Waals surface area contributed by atoms with Gasteiger partial charge in [0, 0.05) is 10.6 Å². The van der Waals surface area contributed by atoms with Crippen LogP contribution in [0.5, 0.6) is 5.75 Å². The number of hydrogen-bond donors (Lipinski definition) is 0. The molecule has 0 heterocycles. The molecule has 4 heteroatoms. The van der Waals surface area contributed by atoms with Crippen molar-refractivity contribution in [2.45, 2.75) is 20.3 Å². The first kappa shape index (κ1) is 11.2. The van der Waals surface area contributed by atoms with Crippen LogP contribution in [0.3, 0.4) is 0 Å². The molecule has 0 unspecified atom stereocenters. The van der Waals surface area contributed by atoms with Crippen molar-refractivity contribution in [2.75, 3.05) is 6.61 Å². The van der Waals surface area contributed by atoms with E-state index < -0.39 is 11.6 Å². The molecule has 0 bridgehead atoms. The fraction of sp³-hybridized carbons (Fsp3) is 0.400. The fourth-order valence-corrected chi connectivity index (χ4v) is 1.18. The normalized spacial score (nSPS) is 10.4. The predicted molar refractivity (Wildman–Crippen MR) is 51.9 cm³/mol. The van der Waals surface area contributed by atoms with Crippen LogP contribution in [0, 0.1) is 18.6 Å². The Balaban J connectivity index is 3.09. The lowest BCUT2D eigenvalue weighted by atomic mass is 10.2. The highest BCUT2D eigenvalue weighted by Crippen LogP contribution is 2.29. The lowest BCUT2D eigenvalue weighted by Gasteiger charge is -2.09. The number of halogens is 3. The molecule has 0 aromatic heterocycles. The molecule has 14 heavy (non-hydrogen) atoms. The van der Waals surface area contributed by atoms with Gasteiger partial charge in [0.05, 0.1) is 6.61 Å². The summed E-state index contributed by atoms with van der Waals surface area (Å²) >= 11 is 5.59. The molecule has 1 rings (SSSR count). The van der Waals surface area contributed by atoms with Crippen LogP contribution in [0.1, 0.15) is 18.9 Å². The lowest BCUT2D eigenvalue weighted by molar-refractivity contribution is 0.284. The minimum absolute atomic E-state index is 0.0730. The average Bonchev–Trinajstić information content (AvgIpc) is 2.14. The fourth-order valence-electron chi connectivity index (χ4n) is 1.00. The van der Waals surface area contributed by atoms with Crippen LogP contribution in [0.4, 0.5) is 8.78 Å². The van der Waals surface area contributed by atoms with Gasteiger partial charge in [-0.15, -0.1) is 0 Å². The Hall–Kier alpha value is -0.830. The molecule has 0 atom stereocenters. The van der Waals surface area contributed by atoms with Crippen LogP contribution in [0.2, 0.25) is 5.02 Å². The van der Waals surface area contributed by atoms with E-state index in [1.807, 2.05) is 6.92 Å². The average molecular weight is 221 g/mol. The number of benzene rings is 1. The number of hydrogen-bond acceptors (Lipinski definition) is 1. The van der Waals surface area contributed by atoms with Gasteiger partial charge in [0.25, 0.3) is 0 Å². The highest BCUT2D eigenvalue weighted by molar-refractivity contribution is 6.31. The molecule has 0 saturated heterocycles. The SMILES string of the molecule is CCCOc1c(F)cc(Cl)c(C)c1F. The first-order valence-corrected chi connectivity index (χ1v) is 4.72. The van der Waals surface area contributed by atoms with E-state index in [4.69, 9.17) is 16.3 Å². The molecular weight excluding hydrogens is 210 g/mol. The van der Waals surface area contributed by atoms with Crippen molar-refractivity contribution in [1.82, 2.24) is 0 Å². The highest BCUT2D eigenvalue weighted by atomic mass is 35.5. The summed E-state index contributed by atoms with van der Waals surface area (Å²) < 4.78 is 31.5. The summed E-state index contributed by atoms with van der Waals surface area (Å²) in [6.45, 7) is 3.63. The summed E-state index contributed by atoms with van der Waals surface area (Å²) in [6, 6.07) is 1.06. The summed E-state index contributed by atoms with van der Waals surface area (Å²) in [7, 11) is 0. The molecule has 0 fully saturated rings. The van der Waals surface area contributed by atoms with Gasteiger partial charge in [0.1, 0.15) is 0 Å². The van der Waals surface area contributed by atoms with E-state index in [0.29, 0.717) is 6.42 Å². The molecule has 1 aromatic rings. The Morgan fingerprint density at radius 1 is 1.43 bits per heavy atom. The van der Waals surface area contributed by atoms with E-state index in [0.717, 1.165) is 6.07 Å². The standard InChI is InChI=1S/C10H11ClF2O/c1-3-4-14-10-8(12)5-7(11)6(2)9(10)13/h5H,3-4H2,1-2H3. The minimum Gasteiger partial charge on any atom is -0.488 e. The molecular formula is C10H11ClF2O. The molecule has 1 nitrogen and oxygen atoms in total. The summed E-state index contributed by atoms with van der Waals surface area (Å²) in [6.07, 6.45) is 0.695. The first-order valence-electron chi connectivity index (χ1n) is 4.34. The molecule has 0 aliphatic rings. The number of rotatable bonds is 3. The molecule has 78 valence electrons. The third kappa shape index (κ3) is 2.15.